The molecule has 0 bridgehead atoms. The molecule has 1 aliphatic rings. The Morgan fingerprint density at radius 1 is 1.21 bits per heavy atom. The van der Waals surface area contributed by atoms with Gasteiger partial charge in [0, 0.05) is 36.6 Å². The lowest BCUT2D eigenvalue weighted by molar-refractivity contribution is 0.125. The molecule has 3 rings (SSSR count). The maximum atomic E-state index is 5.53. The third kappa shape index (κ3) is 5.22. The molecule has 2 heterocycles. The van der Waals surface area contributed by atoms with Crippen molar-refractivity contribution in [3.63, 3.8) is 0 Å². The second-order valence-corrected chi connectivity index (χ2v) is 8.28. The van der Waals surface area contributed by atoms with Crippen molar-refractivity contribution >= 4 is 17.3 Å². The summed E-state index contributed by atoms with van der Waals surface area (Å²) in [5.74, 6) is 2.84. The van der Waals surface area contributed by atoms with Crippen molar-refractivity contribution in [3.05, 3.63) is 46.2 Å². The van der Waals surface area contributed by atoms with Gasteiger partial charge in [0.25, 0.3) is 0 Å². The van der Waals surface area contributed by atoms with Crippen LogP contribution in [0.15, 0.2) is 40.7 Å². The summed E-state index contributed by atoms with van der Waals surface area (Å²) < 4.78 is 10.9. The molecule has 1 aromatic heterocycles. The number of hydrogen-bond acceptors (Lipinski definition) is 5. The maximum Gasteiger partial charge on any atom is 0.191 e. The summed E-state index contributed by atoms with van der Waals surface area (Å²) in [5.41, 5.74) is 1.03. The van der Waals surface area contributed by atoms with Crippen LogP contribution in [0, 0.1) is 5.92 Å². The van der Waals surface area contributed by atoms with Crippen LogP contribution >= 0.6 is 11.3 Å². The van der Waals surface area contributed by atoms with Crippen molar-refractivity contribution in [1.82, 2.24) is 15.5 Å². The zero-order valence-corrected chi connectivity index (χ0v) is 18.6. The Balaban J connectivity index is 1.61. The highest BCUT2D eigenvalue weighted by Gasteiger charge is 2.31. The number of aliphatic imine (C=N–C) groups is 1. The topological polar surface area (TPSA) is 58.1 Å². The summed E-state index contributed by atoms with van der Waals surface area (Å²) in [7, 11) is 7.36. The van der Waals surface area contributed by atoms with Crippen molar-refractivity contribution in [2.45, 2.75) is 25.4 Å². The average Bonchev–Trinajstić information content (AvgIpc) is 3.27. The van der Waals surface area contributed by atoms with Crippen molar-refractivity contribution < 1.29 is 9.47 Å². The first-order valence-electron chi connectivity index (χ1n) is 10.1. The predicted octanol–water partition coefficient (Wildman–Crippen LogP) is 3.51. The molecule has 0 radical (unpaired) electrons. The van der Waals surface area contributed by atoms with E-state index < -0.39 is 0 Å². The van der Waals surface area contributed by atoms with E-state index in [2.05, 4.69) is 45.1 Å². The van der Waals surface area contributed by atoms with Crippen LogP contribution in [0.3, 0.4) is 0 Å². The molecule has 2 unspecified atom stereocenters. The Kier molecular flexibility index (Phi) is 7.77. The lowest BCUT2D eigenvalue weighted by atomic mass is 9.88. The van der Waals surface area contributed by atoms with E-state index in [0.717, 1.165) is 36.1 Å². The number of methoxy groups -OCH3 is 2. The molecule has 2 aromatic rings. The quantitative estimate of drug-likeness (QED) is 0.534. The summed E-state index contributed by atoms with van der Waals surface area (Å²) >= 11 is 1.85. The lowest BCUT2D eigenvalue weighted by Gasteiger charge is -2.39. The molecule has 1 aromatic carbocycles. The molecule has 0 aliphatic carbocycles. The molecule has 2 N–H and O–H groups in total. The number of nitrogens with one attached hydrogen (secondary N) is 2. The van der Waals surface area contributed by atoms with E-state index in [1.165, 1.54) is 17.7 Å². The molecule has 0 amide bonds. The first-order chi connectivity index (χ1) is 14.2. The number of likely N-dealkylation sites (tertiary alicyclic amines) is 1. The minimum Gasteiger partial charge on any atom is -0.493 e. The standard InChI is InChI=1S/C22H32N4O2S/c1-23-22(25-15-17-8-5-10-18(27-3)21(17)28-4)24-14-16-9-6-12-26(2)20(16)19-11-7-13-29-19/h5,7-8,10-11,13,16,20H,6,9,12,14-15H2,1-4H3,(H2,23,24,25). The second-order valence-electron chi connectivity index (χ2n) is 7.30. The van der Waals surface area contributed by atoms with Gasteiger partial charge >= 0.3 is 0 Å². The normalized spacial score (nSPS) is 20.3. The van der Waals surface area contributed by atoms with Crippen LogP contribution in [0.1, 0.15) is 29.3 Å². The van der Waals surface area contributed by atoms with Crippen LogP contribution in [0.25, 0.3) is 0 Å². The molecule has 158 valence electrons. The lowest BCUT2D eigenvalue weighted by Crippen LogP contribution is -2.44. The Hall–Kier alpha value is -2.25. The van der Waals surface area contributed by atoms with Gasteiger partial charge in [-0.2, -0.15) is 0 Å². The summed E-state index contributed by atoms with van der Waals surface area (Å²) in [5, 5.41) is 9.11. The number of benzene rings is 1. The Morgan fingerprint density at radius 2 is 2.07 bits per heavy atom. The molecule has 6 nitrogen and oxygen atoms in total. The molecule has 2 atom stereocenters. The van der Waals surface area contributed by atoms with Gasteiger partial charge in [0.2, 0.25) is 0 Å². The van der Waals surface area contributed by atoms with Gasteiger partial charge in [-0.15, -0.1) is 11.3 Å². The average molecular weight is 417 g/mol. The highest BCUT2D eigenvalue weighted by Crippen LogP contribution is 2.36. The van der Waals surface area contributed by atoms with E-state index in [0.29, 0.717) is 18.5 Å². The molecule has 1 aliphatic heterocycles. The molecular formula is C22H32N4O2S. The van der Waals surface area contributed by atoms with Gasteiger partial charge in [-0.1, -0.05) is 18.2 Å². The van der Waals surface area contributed by atoms with Gasteiger partial charge in [-0.3, -0.25) is 9.89 Å². The third-order valence-corrected chi connectivity index (χ3v) is 6.47. The first kappa shape index (κ1) is 21.5. The SMILES string of the molecule is CN=C(NCc1cccc(OC)c1OC)NCC1CCCN(C)C1c1cccs1. The number of piperidine rings is 1. The van der Waals surface area contributed by atoms with Crippen LogP contribution in [0.2, 0.25) is 0 Å². The summed E-state index contributed by atoms with van der Waals surface area (Å²) in [4.78, 5) is 8.34. The summed E-state index contributed by atoms with van der Waals surface area (Å²) in [6.07, 6.45) is 2.46. The Bertz CT molecular complexity index is 794. The van der Waals surface area contributed by atoms with E-state index in [1.807, 2.05) is 36.6 Å². The number of nitrogens with zero attached hydrogens (tertiary/aromatic N) is 2. The predicted molar refractivity (Wildman–Crippen MR) is 120 cm³/mol. The van der Waals surface area contributed by atoms with Crippen molar-refractivity contribution in [2.24, 2.45) is 10.9 Å². The number of para-hydroxylation sites is 1. The summed E-state index contributed by atoms with van der Waals surface area (Å²) in [6.45, 7) is 2.66. The number of rotatable bonds is 7. The van der Waals surface area contributed by atoms with Gasteiger partial charge < -0.3 is 20.1 Å². The van der Waals surface area contributed by atoms with Gasteiger partial charge in [-0.25, -0.2) is 0 Å². The van der Waals surface area contributed by atoms with Crippen LogP contribution in [0.4, 0.5) is 0 Å². The van der Waals surface area contributed by atoms with E-state index in [1.54, 1.807) is 14.2 Å². The third-order valence-electron chi connectivity index (χ3n) is 5.53. The number of guanidine groups is 1. The van der Waals surface area contributed by atoms with Gasteiger partial charge in [0.1, 0.15) is 0 Å². The maximum absolute atomic E-state index is 5.53. The van der Waals surface area contributed by atoms with Crippen molar-refractivity contribution in [2.75, 3.05) is 41.4 Å². The van der Waals surface area contributed by atoms with Crippen LogP contribution in [0.5, 0.6) is 11.5 Å². The Morgan fingerprint density at radius 3 is 2.76 bits per heavy atom. The molecule has 1 fully saturated rings. The van der Waals surface area contributed by atoms with E-state index in [9.17, 15) is 0 Å². The van der Waals surface area contributed by atoms with Gasteiger partial charge in [-0.05, 0) is 49.9 Å². The molecule has 1 saturated heterocycles. The van der Waals surface area contributed by atoms with Crippen LogP contribution < -0.4 is 20.1 Å². The zero-order valence-electron chi connectivity index (χ0n) is 17.8. The fraction of sp³-hybridized carbons (Fsp3) is 0.500. The number of hydrogen-bond donors (Lipinski definition) is 2. The molecule has 0 saturated carbocycles. The fourth-order valence-electron chi connectivity index (χ4n) is 4.10. The highest BCUT2D eigenvalue weighted by molar-refractivity contribution is 7.10. The first-order valence-corrected chi connectivity index (χ1v) is 10.9. The van der Waals surface area contributed by atoms with E-state index in [4.69, 9.17) is 9.47 Å². The zero-order chi connectivity index (χ0) is 20.6. The van der Waals surface area contributed by atoms with Gasteiger partial charge in [0.15, 0.2) is 17.5 Å². The molecule has 7 heteroatoms. The van der Waals surface area contributed by atoms with Crippen LogP contribution in [-0.4, -0.2) is 52.3 Å². The molecular weight excluding hydrogens is 384 g/mol. The molecule has 0 spiro atoms. The van der Waals surface area contributed by atoms with Crippen LogP contribution in [-0.2, 0) is 6.54 Å². The minimum absolute atomic E-state index is 0.466. The fourth-order valence-corrected chi connectivity index (χ4v) is 5.09. The Labute approximate surface area is 177 Å². The van der Waals surface area contributed by atoms with E-state index >= 15 is 0 Å². The second kappa shape index (κ2) is 10.5. The van der Waals surface area contributed by atoms with Gasteiger partial charge in [0.05, 0.1) is 14.2 Å². The van der Waals surface area contributed by atoms with Crippen molar-refractivity contribution in [3.8, 4) is 11.5 Å². The smallest absolute Gasteiger partial charge is 0.191 e. The largest absolute Gasteiger partial charge is 0.493 e. The van der Waals surface area contributed by atoms with Crippen molar-refractivity contribution in [1.29, 1.82) is 0 Å². The number of ether oxygens (including phenoxy) is 2. The molecule has 29 heavy (non-hydrogen) atoms. The minimum atomic E-state index is 0.466. The highest BCUT2D eigenvalue weighted by atomic mass is 32.1. The monoisotopic (exact) mass is 416 g/mol. The summed E-state index contributed by atoms with van der Waals surface area (Å²) in [6, 6.07) is 10.8. The number of thiophene rings is 1. The van der Waals surface area contributed by atoms with E-state index in [-0.39, 0.29) is 0 Å².